The minimum absolute atomic E-state index is 0.126. The summed E-state index contributed by atoms with van der Waals surface area (Å²) in [6.07, 6.45) is 6.29. The van der Waals surface area contributed by atoms with Crippen molar-refractivity contribution in [2.75, 3.05) is 13.2 Å². The van der Waals surface area contributed by atoms with Crippen molar-refractivity contribution < 1.29 is 23.9 Å². The lowest BCUT2D eigenvalue weighted by molar-refractivity contribution is -0.145. The van der Waals surface area contributed by atoms with Gasteiger partial charge in [0.25, 0.3) is 11.8 Å². The first kappa shape index (κ1) is 18.7. The van der Waals surface area contributed by atoms with Gasteiger partial charge in [0.15, 0.2) is 6.61 Å². The molecular weight excluding hydrogens is 384 g/mol. The first-order valence-electron chi connectivity index (χ1n) is 9.17. The molecule has 0 radical (unpaired) electrons. The number of rotatable bonds is 6. The molecule has 1 aliphatic heterocycles. The molecule has 0 aromatic heterocycles. The number of carbonyl (C=O) groups is 3. The summed E-state index contributed by atoms with van der Waals surface area (Å²) >= 11 is 6.04. The number of halogens is 1. The highest BCUT2D eigenvalue weighted by Gasteiger charge is 2.59. The molecule has 1 heterocycles. The number of allylic oxidation sites excluding steroid dienone is 2. The molecule has 1 saturated carbocycles. The monoisotopic (exact) mass is 402 g/mol. The molecular formula is C20H19ClN2O5. The second kappa shape index (κ2) is 7.39. The Labute approximate surface area is 166 Å². The van der Waals surface area contributed by atoms with Crippen molar-refractivity contribution in [2.45, 2.75) is 13.3 Å². The molecule has 4 rings (SSSR count). The number of carbonyl (C=O) groups excluding carboxylic acids is 3. The van der Waals surface area contributed by atoms with Gasteiger partial charge in [-0.3, -0.25) is 9.59 Å². The summed E-state index contributed by atoms with van der Waals surface area (Å²) in [5.74, 6) is -1.04. The molecule has 0 spiro atoms. The predicted octanol–water partition coefficient (Wildman–Crippen LogP) is 2.42. The highest BCUT2D eigenvalue weighted by atomic mass is 35.5. The molecule has 2 amide bonds. The number of imide groups is 1. The summed E-state index contributed by atoms with van der Waals surface area (Å²) in [5.41, 5.74) is 0.454. The Morgan fingerprint density at radius 2 is 1.93 bits per heavy atom. The number of esters is 1. The summed E-state index contributed by atoms with van der Waals surface area (Å²) in [5, 5.41) is 5.52. The lowest BCUT2D eigenvalue weighted by Crippen LogP contribution is -2.28. The molecule has 1 aromatic rings. The molecule has 3 aliphatic rings. The van der Waals surface area contributed by atoms with E-state index in [0.29, 0.717) is 16.3 Å². The van der Waals surface area contributed by atoms with E-state index in [0.717, 1.165) is 11.4 Å². The summed E-state index contributed by atoms with van der Waals surface area (Å²) in [6, 6.07) is 4.79. The van der Waals surface area contributed by atoms with E-state index < -0.39 is 5.97 Å². The number of hydrazone groups is 1. The SMILES string of the molecule is CCOC(=O)COc1ccc(Cl)cc1C=NN1C(=O)C2C3C=CC(C3)C2C1=O. The van der Waals surface area contributed by atoms with Crippen LogP contribution < -0.4 is 4.74 Å². The fourth-order valence-corrected chi connectivity index (χ4v) is 4.39. The average molecular weight is 403 g/mol. The zero-order chi connectivity index (χ0) is 19.8. The summed E-state index contributed by atoms with van der Waals surface area (Å²) in [4.78, 5) is 36.9. The normalized spacial score (nSPS) is 27.7. The maximum Gasteiger partial charge on any atom is 0.344 e. The maximum atomic E-state index is 12.7. The Kier molecular flexibility index (Phi) is 4.93. The first-order valence-corrected chi connectivity index (χ1v) is 9.55. The van der Waals surface area contributed by atoms with Crippen LogP contribution in [0.4, 0.5) is 0 Å². The molecule has 2 fully saturated rings. The van der Waals surface area contributed by atoms with Crippen molar-refractivity contribution in [1.29, 1.82) is 0 Å². The van der Waals surface area contributed by atoms with E-state index in [4.69, 9.17) is 21.1 Å². The fraction of sp³-hybridized carbons (Fsp3) is 0.400. The van der Waals surface area contributed by atoms with Crippen LogP contribution in [-0.2, 0) is 19.1 Å². The van der Waals surface area contributed by atoms with Gasteiger partial charge in [-0.15, -0.1) is 0 Å². The van der Waals surface area contributed by atoms with E-state index in [9.17, 15) is 14.4 Å². The highest BCUT2D eigenvalue weighted by Crippen LogP contribution is 2.52. The van der Waals surface area contributed by atoms with Crippen LogP contribution in [0.5, 0.6) is 5.75 Å². The number of ether oxygens (including phenoxy) is 2. The molecule has 2 bridgehead atoms. The van der Waals surface area contributed by atoms with Crippen LogP contribution in [-0.4, -0.2) is 42.2 Å². The third kappa shape index (κ3) is 3.20. The molecule has 4 unspecified atom stereocenters. The highest BCUT2D eigenvalue weighted by molar-refractivity contribution is 6.31. The molecule has 146 valence electrons. The topological polar surface area (TPSA) is 85.3 Å². The average Bonchev–Trinajstić information content (AvgIpc) is 3.34. The maximum absolute atomic E-state index is 12.7. The van der Waals surface area contributed by atoms with Crippen LogP contribution in [0.15, 0.2) is 35.5 Å². The zero-order valence-electron chi connectivity index (χ0n) is 15.2. The van der Waals surface area contributed by atoms with Gasteiger partial charge >= 0.3 is 5.97 Å². The molecule has 2 aliphatic carbocycles. The quantitative estimate of drug-likeness (QED) is 0.316. The summed E-state index contributed by atoms with van der Waals surface area (Å²) < 4.78 is 10.3. The van der Waals surface area contributed by atoms with Crippen LogP contribution in [0, 0.1) is 23.7 Å². The van der Waals surface area contributed by atoms with Gasteiger partial charge in [0, 0.05) is 10.6 Å². The Morgan fingerprint density at radius 1 is 1.25 bits per heavy atom. The standard InChI is InChI=1S/C20H19ClN2O5/c1-2-27-16(24)10-28-15-6-5-14(21)8-13(15)9-22-23-19(25)17-11-3-4-12(7-11)18(17)20(23)26/h3-6,8-9,11-12,17-18H,2,7,10H2,1H3. The second-order valence-electron chi connectivity index (χ2n) is 7.01. The molecule has 1 aromatic carbocycles. The number of benzene rings is 1. The summed E-state index contributed by atoms with van der Waals surface area (Å²) in [7, 11) is 0. The lowest BCUT2D eigenvalue weighted by Gasteiger charge is -2.13. The minimum Gasteiger partial charge on any atom is -0.481 e. The zero-order valence-corrected chi connectivity index (χ0v) is 16.0. The third-order valence-corrected chi connectivity index (χ3v) is 5.62. The van der Waals surface area contributed by atoms with Gasteiger partial charge in [0.05, 0.1) is 24.7 Å². The van der Waals surface area contributed by atoms with Gasteiger partial charge in [-0.2, -0.15) is 10.1 Å². The van der Waals surface area contributed by atoms with Gasteiger partial charge in [0.2, 0.25) is 0 Å². The van der Waals surface area contributed by atoms with Crippen LogP contribution >= 0.6 is 11.6 Å². The van der Waals surface area contributed by atoms with E-state index >= 15 is 0 Å². The minimum atomic E-state index is -0.499. The predicted molar refractivity (Wildman–Crippen MR) is 101 cm³/mol. The van der Waals surface area contributed by atoms with Gasteiger partial charge in [-0.1, -0.05) is 23.8 Å². The molecule has 1 saturated heterocycles. The molecule has 28 heavy (non-hydrogen) atoms. The van der Waals surface area contributed by atoms with Crippen molar-refractivity contribution in [3.05, 3.63) is 40.9 Å². The Balaban J connectivity index is 1.52. The van der Waals surface area contributed by atoms with Gasteiger partial charge < -0.3 is 9.47 Å². The number of hydrogen-bond donors (Lipinski definition) is 0. The first-order chi connectivity index (χ1) is 13.5. The van der Waals surface area contributed by atoms with Crippen molar-refractivity contribution in [3.63, 3.8) is 0 Å². The van der Waals surface area contributed by atoms with Crippen LogP contribution in [0.3, 0.4) is 0 Å². The van der Waals surface area contributed by atoms with E-state index in [1.807, 2.05) is 12.2 Å². The lowest BCUT2D eigenvalue weighted by atomic mass is 9.85. The van der Waals surface area contributed by atoms with E-state index in [1.165, 1.54) is 6.21 Å². The Hall–Kier alpha value is -2.67. The van der Waals surface area contributed by atoms with Crippen LogP contribution in [0.2, 0.25) is 5.02 Å². The third-order valence-electron chi connectivity index (χ3n) is 5.38. The number of amides is 2. The van der Waals surface area contributed by atoms with E-state index in [-0.39, 0.29) is 48.7 Å². The van der Waals surface area contributed by atoms with Crippen molar-refractivity contribution in [3.8, 4) is 5.75 Å². The second-order valence-corrected chi connectivity index (χ2v) is 7.45. The van der Waals surface area contributed by atoms with E-state index in [1.54, 1.807) is 25.1 Å². The Morgan fingerprint density at radius 3 is 2.57 bits per heavy atom. The largest absolute Gasteiger partial charge is 0.481 e. The molecule has 7 nitrogen and oxygen atoms in total. The van der Waals surface area contributed by atoms with Crippen LogP contribution in [0.1, 0.15) is 18.9 Å². The number of nitrogens with zero attached hydrogens (tertiary/aromatic N) is 2. The molecule has 8 heteroatoms. The van der Waals surface area contributed by atoms with Gasteiger partial charge in [0.1, 0.15) is 5.75 Å². The molecule has 0 N–H and O–H groups in total. The van der Waals surface area contributed by atoms with Crippen molar-refractivity contribution >= 4 is 35.6 Å². The van der Waals surface area contributed by atoms with Crippen molar-refractivity contribution in [2.24, 2.45) is 28.8 Å². The van der Waals surface area contributed by atoms with E-state index in [2.05, 4.69) is 5.10 Å². The molecule has 4 atom stereocenters. The van der Waals surface area contributed by atoms with Crippen molar-refractivity contribution in [1.82, 2.24) is 5.01 Å². The Bertz CT molecular complexity index is 867. The van der Waals surface area contributed by atoms with Crippen LogP contribution in [0.25, 0.3) is 0 Å². The fourth-order valence-electron chi connectivity index (χ4n) is 4.21. The van der Waals surface area contributed by atoms with Gasteiger partial charge in [-0.05, 0) is 43.4 Å². The smallest absolute Gasteiger partial charge is 0.344 e. The number of hydrogen-bond acceptors (Lipinski definition) is 6. The summed E-state index contributed by atoms with van der Waals surface area (Å²) in [6.45, 7) is 1.70. The number of fused-ring (bicyclic) bond motifs is 5. The van der Waals surface area contributed by atoms with Gasteiger partial charge in [-0.25, -0.2) is 4.79 Å².